The van der Waals surface area contributed by atoms with Gasteiger partial charge in [-0.05, 0) is 43.5 Å². The monoisotopic (exact) mass is 368 g/mol. The molecule has 1 fully saturated rings. The largest absolute Gasteiger partial charge is 0.480 e. The van der Waals surface area contributed by atoms with E-state index in [1.807, 2.05) is 0 Å². The van der Waals surface area contributed by atoms with E-state index in [0.717, 1.165) is 12.8 Å². The van der Waals surface area contributed by atoms with E-state index >= 15 is 0 Å². The number of carbonyl (C=O) groups is 2. The molecular formula is C17H24N2O5S. The van der Waals surface area contributed by atoms with Gasteiger partial charge in [0.05, 0.1) is 4.90 Å². The van der Waals surface area contributed by atoms with Gasteiger partial charge < -0.3 is 10.0 Å². The van der Waals surface area contributed by atoms with Crippen LogP contribution in [0.5, 0.6) is 0 Å². The molecule has 1 atom stereocenters. The minimum Gasteiger partial charge on any atom is -0.480 e. The SMILES string of the molecule is CCN(CC)S(=O)(=O)c1ccc(C(=O)N2CCCC[C@H]2C(=O)O)cc1. The van der Waals surface area contributed by atoms with E-state index in [2.05, 4.69) is 0 Å². The molecule has 1 aliphatic rings. The smallest absolute Gasteiger partial charge is 0.326 e. The van der Waals surface area contributed by atoms with Gasteiger partial charge in [0.15, 0.2) is 0 Å². The number of piperidine rings is 1. The number of aliphatic carboxylic acids is 1. The van der Waals surface area contributed by atoms with Crippen molar-refractivity contribution in [1.82, 2.24) is 9.21 Å². The number of likely N-dealkylation sites (tertiary alicyclic amines) is 1. The van der Waals surface area contributed by atoms with Gasteiger partial charge in [-0.25, -0.2) is 13.2 Å². The predicted molar refractivity (Wildman–Crippen MR) is 92.9 cm³/mol. The summed E-state index contributed by atoms with van der Waals surface area (Å²) in [5.41, 5.74) is 0.298. The third kappa shape index (κ3) is 4.01. The predicted octanol–water partition coefficient (Wildman–Crippen LogP) is 1.80. The number of carbonyl (C=O) groups excluding carboxylic acids is 1. The van der Waals surface area contributed by atoms with Crippen molar-refractivity contribution in [3.8, 4) is 0 Å². The first-order valence-corrected chi connectivity index (χ1v) is 9.90. The molecule has 7 nitrogen and oxygen atoms in total. The molecule has 1 aromatic carbocycles. The lowest BCUT2D eigenvalue weighted by Crippen LogP contribution is -2.48. The Kier molecular flexibility index (Phi) is 6.18. The molecule has 25 heavy (non-hydrogen) atoms. The van der Waals surface area contributed by atoms with Gasteiger partial charge in [-0.2, -0.15) is 4.31 Å². The van der Waals surface area contributed by atoms with E-state index in [-0.39, 0.29) is 10.8 Å². The van der Waals surface area contributed by atoms with Crippen molar-refractivity contribution in [2.45, 2.75) is 44.0 Å². The van der Waals surface area contributed by atoms with Crippen LogP contribution in [-0.2, 0) is 14.8 Å². The number of sulfonamides is 1. The summed E-state index contributed by atoms with van der Waals surface area (Å²) in [7, 11) is -3.58. The maximum Gasteiger partial charge on any atom is 0.326 e. The van der Waals surface area contributed by atoms with Crippen LogP contribution >= 0.6 is 0 Å². The molecule has 0 spiro atoms. The normalized spacial score (nSPS) is 18.4. The standard InChI is InChI=1S/C17H24N2O5S/c1-3-18(4-2)25(23,24)14-10-8-13(9-11-14)16(20)19-12-6-5-7-15(19)17(21)22/h8-11,15H,3-7,12H2,1-2H3,(H,21,22)/t15-/m0/s1. The van der Waals surface area contributed by atoms with Crippen LogP contribution in [0.1, 0.15) is 43.5 Å². The third-order valence-corrected chi connectivity index (χ3v) is 6.56. The fourth-order valence-corrected chi connectivity index (χ4v) is 4.54. The molecule has 1 N–H and O–H groups in total. The number of amides is 1. The average molecular weight is 368 g/mol. The van der Waals surface area contributed by atoms with Gasteiger partial charge in [0.1, 0.15) is 6.04 Å². The molecule has 0 aromatic heterocycles. The zero-order valence-electron chi connectivity index (χ0n) is 14.5. The number of rotatable bonds is 6. The summed E-state index contributed by atoms with van der Waals surface area (Å²) in [6.07, 6.45) is 1.99. The Morgan fingerprint density at radius 2 is 1.76 bits per heavy atom. The van der Waals surface area contributed by atoms with E-state index in [0.29, 0.717) is 31.6 Å². The van der Waals surface area contributed by atoms with E-state index in [9.17, 15) is 23.1 Å². The molecule has 0 radical (unpaired) electrons. The maximum absolute atomic E-state index is 12.6. The summed E-state index contributed by atoms with van der Waals surface area (Å²) in [5.74, 6) is -1.38. The molecular weight excluding hydrogens is 344 g/mol. The van der Waals surface area contributed by atoms with Crippen molar-refractivity contribution in [2.24, 2.45) is 0 Å². The van der Waals surface area contributed by atoms with Crippen LogP contribution < -0.4 is 0 Å². The number of carboxylic acid groups (broad SMARTS) is 1. The van der Waals surface area contributed by atoms with Crippen LogP contribution in [0.15, 0.2) is 29.2 Å². The van der Waals surface area contributed by atoms with Crippen molar-refractivity contribution in [2.75, 3.05) is 19.6 Å². The average Bonchev–Trinajstić information content (AvgIpc) is 2.62. The zero-order chi connectivity index (χ0) is 18.6. The highest BCUT2D eigenvalue weighted by Gasteiger charge is 2.32. The summed E-state index contributed by atoms with van der Waals surface area (Å²) >= 11 is 0. The van der Waals surface area contributed by atoms with Gasteiger partial charge in [0, 0.05) is 25.2 Å². The first kappa shape index (κ1) is 19.4. The van der Waals surface area contributed by atoms with Crippen molar-refractivity contribution in [3.05, 3.63) is 29.8 Å². The van der Waals surface area contributed by atoms with Crippen LogP contribution in [0.25, 0.3) is 0 Å². The van der Waals surface area contributed by atoms with E-state index < -0.39 is 22.0 Å². The van der Waals surface area contributed by atoms with E-state index in [1.54, 1.807) is 13.8 Å². The molecule has 0 unspecified atom stereocenters. The molecule has 1 amide bonds. The highest BCUT2D eigenvalue weighted by Crippen LogP contribution is 2.22. The molecule has 1 saturated heterocycles. The highest BCUT2D eigenvalue weighted by atomic mass is 32.2. The van der Waals surface area contributed by atoms with Gasteiger partial charge >= 0.3 is 5.97 Å². The number of nitrogens with zero attached hydrogens (tertiary/aromatic N) is 2. The second kappa shape index (κ2) is 7.97. The number of hydrogen-bond acceptors (Lipinski definition) is 4. The molecule has 1 aliphatic heterocycles. The lowest BCUT2D eigenvalue weighted by atomic mass is 10.0. The fraction of sp³-hybridized carbons (Fsp3) is 0.529. The fourth-order valence-electron chi connectivity index (χ4n) is 3.08. The summed E-state index contributed by atoms with van der Waals surface area (Å²) in [6, 6.07) is 4.89. The number of benzene rings is 1. The van der Waals surface area contributed by atoms with Crippen molar-refractivity contribution >= 4 is 21.9 Å². The second-order valence-electron chi connectivity index (χ2n) is 5.96. The molecule has 138 valence electrons. The summed E-state index contributed by atoms with van der Waals surface area (Å²) in [4.78, 5) is 25.5. The van der Waals surface area contributed by atoms with Crippen LogP contribution in [0, 0.1) is 0 Å². The number of hydrogen-bond donors (Lipinski definition) is 1. The Bertz CT molecular complexity index is 726. The van der Waals surface area contributed by atoms with Crippen molar-refractivity contribution in [3.63, 3.8) is 0 Å². The lowest BCUT2D eigenvalue weighted by molar-refractivity contribution is -0.143. The second-order valence-corrected chi connectivity index (χ2v) is 7.90. The van der Waals surface area contributed by atoms with E-state index in [4.69, 9.17) is 0 Å². The van der Waals surface area contributed by atoms with Gasteiger partial charge in [0.2, 0.25) is 10.0 Å². The Labute approximate surface area is 148 Å². The van der Waals surface area contributed by atoms with Gasteiger partial charge in [-0.15, -0.1) is 0 Å². The topological polar surface area (TPSA) is 95.0 Å². The molecule has 0 aliphatic carbocycles. The molecule has 0 bridgehead atoms. The van der Waals surface area contributed by atoms with Gasteiger partial charge in [0.25, 0.3) is 5.91 Å². The minimum absolute atomic E-state index is 0.126. The van der Waals surface area contributed by atoms with Gasteiger partial charge in [-0.1, -0.05) is 13.8 Å². The molecule has 2 rings (SSSR count). The zero-order valence-corrected chi connectivity index (χ0v) is 15.3. The van der Waals surface area contributed by atoms with Gasteiger partial charge in [-0.3, -0.25) is 4.79 Å². The lowest BCUT2D eigenvalue weighted by Gasteiger charge is -2.33. The molecule has 8 heteroatoms. The van der Waals surface area contributed by atoms with Crippen LogP contribution in [0.4, 0.5) is 0 Å². The van der Waals surface area contributed by atoms with Crippen LogP contribution in [0.2, 0.25) is 0 Å². The van der Waals surface area contributed by atoms with Crippen molar-refractivity contribution < 1.29 is 23.1 Å². The molecule has 1 aromatic rings. The first-order chi connectivity index (χ1) is 11.8. The molecule has 0 saturated carbocycles. The first-order valence-electron chi connectivity index (χ1n) is 8.46. The van der Waals surface area contributed by atoms with Crippen LogP contribution in [-0.4, -0.2) is 60.3 Å². The Hall–Kier alpha value is -1.93. The maximum atomic E-state index is 12.6. The highest BCUT2D eigenvalue weighted by molar-refractivity contribution is 7.89. The van der Waals surface area contributed by atoms with Crippen molar-refractivity contribution in [1.29, 1.82) is 0 Å². The molecule has 1 heterocycles. The number of carboxylic acids is 1. The Morgan fingerprint density at radius 3 is 2.28 bits per heavy atom. The quantitative estimate of drug-likeness (QED) is 0.826. The van der Waals surface area contributed by atoms with E-state index in [1.165, 1.54) is 33.5 Å². The Balaban J connectivity index is 2.24. The summed E-state index contributed by atoms with van der Waals surface area (Å²) in [6.45, 7) is 4.67. The summed E-state index contributed by atoms with van der Waals surface area (Å²) in [5, 5.41) is 9.29. The third-order valence-electron chi connectivity index (χ3n) is 4.49. The van der Waals surface area contributed by atoms with Crippen LogP contribution in [0.3, 0.4) is 0 Å². The Morgan fingerprint density at radius 1 is 1.16 bits per heavy atom. The summed E-state index contributed by atoms with van der Waals surface area (Å²) < 4.78 is 26.3. The minimum atomic E-state index is -3.58.